The van der Waals surface area contributed by atoms with Crippen LogP contribution in [0.4, 0.5) is 5.69 Å². The Morgan fingerprint density at radius 2 is 1.77 bits per heavy atom. The van der Waals surface area contributed by atoms with E-state index < -0.39 is 5.91 Å². The lowest BCUT2D eigenvalue weighted by Crippen LogP contribution is -2.51. The van der Waals surface area contributed by atoms with Gasteiger partial charge in [0, 0.05) is 113 Å². The molecule has 0 unspecified atom stereocenters. The third kappa shape index (κ3) is 8.38. The van der Waals surface area contributed by atoms with Gasteiger partial charge in [-0.05, 0) is 24.6 Å². The first kappa shape index (κ1) is 39.2. The lowest BCUT2D eigenvalue weighted by atomic mass is 10.0. The Labute approximate surface area is 335 Å². The van der Waals surface area contributed by atoms with Crippen LogP contribution in [0.5, 0.6) is 5.75 Å². The normalized spacial score (nSPS) is 17.1. The molecule has 2 aromatic heterocycles. The first-order chi connectivity index (χ1) is 27.0. The molecular formula is C40H45Cl2N9O5. The number of nitrogens with one attached hydrogen (secondary N) is 3. The summed E-state index contributed by atoms with van der Waals surface area (Å²) >= 11 is 14.0. The van der Waals surface area contributed by atoms with E-state index in [0.29, 0.717) is 109 Å². The quantitative estimate of drug-likeness (QED) is 0.203. The van der Waals surface area contributed by atoms with Crippen LogP contribution in [0.15, 0.2) is 48.7 Å². The number of piperazine rings is 1. The molecule has 5 heterocycles. The van der Waals surface area contributed by atoms with Crippen molar-refractivity contribution in [2.75, 3.05) is 58.2 Å². The maximum Gasteiger partial charge on any atom is 0.291 e. The monoisotopic (exact) mass is 801 g/mol. The number of benzene rings is 2. The Morgan fingerprint density at radius 3 is 2.50 bits per heavy atom. The number of imidazole rings is 1. The van der Waals surface area contributed by atoms with Gasteiger partial charge in [-0.25, -0.2) is 4.98 Å². The van der Waals surface area contributed by atoms with E-state index in [2.05, 4.69) is 30.8 Å². The van der Waals surface area contributed by atoms with Gasteiger partial charge in [-0.1, -0.05) is 47.5 Å². The van der Waals surface area contributed by atoms with Crippen LogP contribution in [0.25, 0.3) is 22.4 Å². The minimum Gasteiger partial charge on any atom is -0.496 e. The number of carbonyl (C=O) groups is 4. The minimum atomic E-state index is -0.432. The number of halogens is 2. The van der Waals surface area contributed by atoms with Crippen LogP contribution in [0.1, 0.15) is 47.3 Å². The van der Waals surface area contributed by atoms with Crippen molar-refractivity contribution in [2.45, 2.75) is 45.3 Å². The molecule has 14 nitrogen and oxygen atoms in total. The Morgan fingerprint density at radius 1 is 0.982 bits per heavy atom. The summed E-state index contributed by atoms with van der Waals surface area (Å²) in [4.78, 5) is 65.1. The van der Waals surface area contributed by atoms with E-state index in [0.717, 1.165) is 23.2 Å². The molecule has 3 aliphatic heterocycles. The predicted octanol–water partition coefficient (Wildman–Crippen LogP) is 4.13. The van der Waals surface area contributed by atoms with E-state index in [1.54, 1.807) is 59.8 Å². The number of pyridine rings is 1. The van der Waals surface area contributed by atoms with Crippen molar-refractivity contribution >= 4 is 52.5 Å². The fourth-order valence-corrected chi connectivity index (χ4v) is 8.17. The van der Waals surface area contributed by atoms with Crippen molar-refractivity contribution in [1.82, 2.24) is 39.9 Å². The fourth-order valence-electron chi connectivity index (χ4n) is 7.57. The average molecular weight is 803 g/mol. The molecule has 2 fully saturated rings. The van der Waals surface area contributed by atoms with Crippen LogP contribution in [0.3, 0.4) is 0 Å². The molecule has 294 valence electrons. The van der Waals surface area contributed by atoms with Gasteiger partial charge < -0.3 is 35.1 Å². The molecule has 56 heavy (non-hydrogen) atoms. The minimum absolute atomic E-state index is 0.00163. The highest BCUT2D eigenvalue weighted by Gasteiger charge is 2.30. The van der Waals surface area contributed by atoms with Gasteiger partial charge in [0.1, 0.15) is 5.75 Å². The van der Waals surface area contributed by atoms with Crippen molar-refractivity contribution < 1.29 is 23.9 Å². The number of carbonyl (C=O) groups excluding carboxylic acids is 4. The summed E-state index contributed by atoms with van der Waals surface area (Å²) in [6, 6.07) is 13.0. The Hall–Kier alpha value is -5.02. The molecule has 4 aromatic rings. The van der Waals surface area contributed by atoms with E-state index in [-0.39, 0.29) is 36.1 Å². The van der Waals surface area contributed by atoms with Gasteiger partial charge >= 0.3 is 0 Å². The number of rotatable bonds is 11. The van der Waals surface area contributed by atoms with Gasteiger partial charge in [0.2, 0.25) is 17.7 Å². The number of hydrogen-bond acceptors (Lipinski definition) is 9. The van der Waals surface area contributed by atoms with Crippen molar-refractivity contribution in [3.05, 3.63) is 81.5 Å². The van der Waals surface area contributed by atoms with Gasteiger partial charge in [0.05, 0.1) is 47.3 Å². The topological polar surface area (TPSA) is 154 Å². The average Bonchev–Trinajstić information content (AvgIpc) is 3.77. The molecule has 1 atom stereocenters. The van der Waals surface area contributed by atoms with Gasteiger partial charge in [-0.2, -0.15) is 0 Å². The molecule has 0 bridgehead atoms. The van der Waals surface area contributed by atoms with Gasteiger partial charge in [0.15, 0.2) is 5.82 Å². The largest absolute Gasteiger partial charge is 0.496 e. The molecule has 4 amide bonds. The Balaban J connectivity index is 1.02. The van der Waals surface area contributed by atoms with Gasteiger partial charge in [-0.3, -0.25) is 29.1 Å². The lowest BCUT2D eigenvalue weighted by Gasteiger charge is -2.35. The van der Waals surface area contributed by atoms with Crippen molar-refractivity contribution in [3.8, 4) is 28.1 Å². The second-order valence-electron chi connectivity index (χ2n) is 14.3. The Bertz CT molecular complexity index is 2170. The zero-order chi connectivity index (χ0) is 39.5. The highest BCUT2D eigenvalue weighted by atomic mass is 35.5. The van der Waals surface area contributed by atoms with E-state index in [4.69, 9.17) is 27.9 Å². The SMILES string of the molecule is COc1cc(-c2nccc(-c3cccc(NC(=O)c4nc5c(n4C)CCN(C(=O)CN4CCN(C(C)=O)CC4)C5)c3Cl)c2Cl)ccc1CNC[C@@H]1CCC(=O)N1. The fraction of sp³-hybridized carbons (Fsp3) is 0.400. The summed E-state index contributed by atoms with van der Waals surface area (Å²) in [5.74, 6) is 0.598. The first-order valence-electron chi connectivity index (χ1n) is 18.7. The standard InChI is InChI=1S/C40H45Cl2N9O5/c1-24(52)50-17-15-49(16-18-50)23-35(54)51-14-12-32-31(22-51)46-39(48(32)2)40(55)47-30-6-4-5-28(36(30)41)29-11-13-44-38(37(29)42)25-7-8-26(33(19-25)56-3)20-43-21-27-9-10-34(53)45-27/h4-8,11,13,19,27,43H,9-10,12,14-18,20-23H2,1-3H3,(H,45,53)(H,47,55)/t27-/m0/s1. The number of methoxy groups -OCH3 is 1. The van der Waals surface area contributed by atoms with Crippen LogP contribution in [0, 0.1) is 0 Å². The number of ether oxygens (including phenoxy) is 1. The van der Waals surface area contributed by atoms with E-state index in [1.807, 2.05) is 24.3 Å². The summed E-state index contributed by atoms with van der Waals surface area (Å²) in [6.07, 6.45) is 3.62. The molecule has 2 saturated heterocycles. The predicted molar refractivity (Wildman–Crippen MR) is 214 cm³/mol. The van der Waals surface area contributed by atoms with Crippen LogP contribution in [0.2, 0.25) is 10.0 Å². The van der Waals surface area contributed by atoms with Crippen LogP contribution < -0.4 is 20.7 Å². The van der Waals surface area contributed by atoms with E-state index >= 15 is 0 Å². The zero-order valence-corrected chi connectivity index (χ0v) is 33.2. The maximum atomic E-state index is 13.7. The van der Waals surface area contributed by atoms with Gasteiger partial charge in [0.25, 0.3) is 5.91 Å². The second-order valence-corrected chi connectivity index (χ2v) is 15.1. The Kier molecular flexibility index (Phi) is 11.9. The summed E-state index contributed by atoms with van der Waals surface area (Å²) in [6.45, 7) is 6.46. The summed E-state index contributed by atoms with van der Waals surface area (Å²) < 4.78 is 7.50. The smallest absolute Gasteiger partial charge is 0.291 e. The molecule has 3 N–H and O–H groups in total. The maximum absolute atomic E-state index is 13.7. The molecule has 2 aromatic carbocycles. The summed E-state index contributed by atoms with van der Waals surface area (Å²) in [5.41, 5.74) is 5.49. The lowest BCUT2D eigenvalue weighted by molar-refractivity contribution is -0.135. The molecule has 16 heteroatoms. The molecule has 7 rings (SSSR count). The zero-order valence-electron chi connectivity index (χ0n) is 31.7. The third-order valence-electron chi connectivity index (χ3n) is 10.8. The number of aromatic nitrogens is 3. The van der Waals surface area contributed by atoms with E-state index in [9.17, 15) is 19.2 Å². The molecule has 0 radical (unpaired) electrons. The summed E-state index contributed by atoms with van der Waals surface area (Å²) in [5, 5.41) is 10.00. The van der Waals surface area contributed by atoms with Crippen LogP contribution in [-0.4, -0.2) is 112 Å². The highest BCUT2D eigenvalue weighted by Crippen LogP contribution is 2.41. The number of hydrogen-bond donors (Lipinski definition) is 3. The number of fused-ring (bicyclic) bond motifs is 1. The van der Waals surface area contributed by atoms with Crippen LogP contribution in [-0.2, 0) is 40.9 Å². The van der Waals surface area contributed by atoms with Crippen molar-refractivity contribution in [3.63, 3.8) is 0 Å². The molecule has 0 aliphatic carbocycles. The van der Waals surface area contributed by atoms with Crippen molar-refractivity contribution in [2.24, 2.45) is 7.05 Å². The third-order valence-corrected chi connectivity index (χ3v) is 11.6. The number of amides is 4. The molecular weight excluding hydrogens is 757 g/mol. The van der Waals surface area contributed by atoms with Gasteiger partial charge in [-0.15, -0.1) is 0 Å². The van der Waals surface area contributed by atoms with Crippen LogP contribution >= 0.6 is 23.2 Å². The number of anilines is 1. The van der Waals surface area contributed by atoms with Crippen molar-refractivity contribution in [1.29, 1.82) is 0 Å². The van der Waals surface area contributed by atoms with E-state index in [1.165, 1.54) is 0 Å². The molecule has 3 aliphatic rings. The molecule has 0 spiro atoms. The summed E-state index contributed by atoms with van der Waals surface area (Å²) in [7, 11) is 3.42. The first-order valence-corrected chi connectivity index (χ1v) is 19.5. The second kappa shape index (κ2) is 17.0. The molecule has 0 saturated carbocycles. The number of nitrogens with zero attached hydrogens (tertiary/aromatic N) is 6. The highest BCUT2D eigenvalue weighted by molar-refractivity contribution is 6.39.